The number of rotatable bonds is 2. The number of nitrogens with one attached hydrogen (secondary N) is 2. The van der Waals surface area contributed by atoms with Gasteiger partial charge in [-0.25, -0.2) is 9.97 Å². The van der Waals surface area contributed by atoms with Gasteiger partial charge in [0.1, 0.15) is 17.0 Å². The van der Waals surface area contributed by atoms with Crippen LogP contribution in [0, 0.1) is 0 Å². The van der Waals surface area contributed by atoms with E-state index in [2.05, 4.69) is 20.3 Å². The molecule has 0 bridgehead atoms. The Morgan fingerprint density at radius 1 is 1.31 bits per heavy atom. The van der Waals surface area contributed by atoms with Crippen LogP contribution in [-0.2, 0) is 0 Å². The highest BCUT2D eigenvalue weighted by molar-refractivity contribution is 5.95. The number of aromatic nitrogens is 3. The van der Waals surface area contributed by atoms with Crippen molar-refractivity contribution in [1.29, 1.82) is 0 Å². The van der Waals surface area contributed by atoms with Crippen LogP contribution in [0.25, 0.3) is 10.9 Å². The van der Waals surface area contributed by atoms with Gasteiger partial charge in [-0.05, 0) is 26.0 Å². The molecule has 0 saturated carbocycles. The number of nitrogens with zero attached hydrogens (tertiary/aromatic N) is 2. The van der Waals surface area contributed by atoms with Crippen molar-refractivity contribution in [2.24, 2.45) is 0 Å². The maximum atomic E-state index is 12.7. The van der Waals surface area contributed by atoms with E-state index in [9.17, 15) is 9.59 Å². The molecular formula is C19H18N4O3. The third-order valence-electron chi connectivity index (χ3n) is 4.44. The molecule has 1 unspecified atom stereocenters. The third kappa shape index (κ3) is 2.92. The fourth-order valence-electron chi connectivity index (χ4n) is 3.26. The number of benzene rings is 1. The van der Waals surface area contributed by atoms with Crippen LogP contribution in [0.3, 0.4) is 0 Å². The Labute approximate surface area is 149 Å². The van der Waals surface area contributed by atoms with Crippen LogP contribution in [0.2, 0.25) is 0 Å². The van der Waals surface area contributed by atoms with Gasteiger partial charge >= 0.3 is 0 Å². The van der Waals surface area contributed by atoms with Gasteiger partial charge in [0, 0.05) is 12.0 Å². The van der Waals surface area contributed by atoms with Gasteiger partial charge in [-0.15, -0.1) is 0 Å². The van der Waals surface area contributed by atoms with Crippen molar-refractivity contribution < 1.29 is 9.53 Å². The number of fused-ring (bicyclic) bond motifs is 2. The second-order valence-electron chi connectivity index (χ2n) is 6.95. The molecule has 3 heterocycles. The predicted octanol–water partition coefficient (Wildman–Crippen LogP) is 2.35. The SMILES string of the molecule is CC1(C)CC(NC(=O)c2cc3c(=O)[nH]cnc3cn2)c2ccccc2O1. The topological polar surface area (TPSA) is 97.0 Å². The quantitative estimate of drug-likeness (QED) is 0.739. The summed E-state index contributed by atoms with van der Waals surface area (Å²) in [5.74, 6) is 0.425. The van der Waals surface area contributed by atoms with Crippen LogP contribution >= 0.6 is 0 Å². The van der Waals surface area contributed by atoms with Crippen molar-refractivity contribution in [3.05, 3.63) is 64.5 Å². The number of hydrogen-bond donors (Lipinski definition) is 2. The number of H-pyrrole nitrogens is 1. The van der Waals surface area contributed by atoms with Gasteiger partial charge < -0.3 is 15.0 Å². The van der Waals surface area contributed by atoms with E-state index in [1.165, 1.54) is 18.6 Å². The smallest absolute Gasteiger partial charge is 0.270 e. The Balaban J connectivity index is 1.66. The van der Waals surface area contributed by atoms with E-state index >= 15 is 0 Å². The summed E-state index contributed by atoms with van der Waals surface area (Å²) in [6, 6.07) is 8.93. The molecule has 0 fully saturated rings. The lowest BCUT2D eigenvalue weighted by atomic mass is 9.89. The van der Waals surface area contributed by atoms with Gasteiger partial charge in [0.2, 0.25) is 0 Å². The number of pyridine rings is 1. The minimum absolute atomic E-state index is 0.178. The zero-order valence-electron chi connectivity index (χ0n) is 14.4. The number of carbonyl (C=O) groups excluding carboxylic acids is 1. The van der Waals surface area contributed by atoms with Crippen molar-refractivity contribution in [2.45, 2.75) is 31.9 Å². The number of hydrogen-bond acceptors (Lipinski definition) is 5. The van der Waals surface area contributed by atoms with Crippen molar-refractivity contribution in [2.75, 3.05) is 0 Å². The van der Waals surface area contributed by atoms with Crippen LogP contribution in [0.1, 0.15) is 42.4 Å². The lowest BCUT2D eigenvalue weighted by Gasteiger charge is -2.37. The lowest BCUT2D eigenvalue weighted by Crippen LogP contribution is -2.41. The average molecular weight is 350 g/mol. The molecule has 1 aromatic carbocycles. The number of amides is 1. The van der Waals surface area contributed by atoms with Gasteiger partial charge in [-0.2, -0.15) is 0 Å². The summed E-state index contributed by atoms with van der Waals surface area (Å²) in [6.07, 6.45) is 3.37. The lowest BCUT2D eigenvalue weighted by molar-refractivity contribution is 0.0618. The molecule has 2 N–H and O–H groups in total. The largest absolute Gasteiger partial charge is 0.487 e. The van der Waals surface area contributed by atoms with E-state index < -0.39 is 5.60 Å². The van der Waals surface area contributed by atoms with E-state index in [-0.39, 0.29) is 23.2 Å². The van der Waals surface area contributed by atoms with Crippen LogP contribution in [0.4, 0.5) is 0 Å². The minimum Gasteiger partial charge on any atom is -0.487 e. The highest BCUT2D eigenvalue weighted by Crippen LogP contribution is 2.39. The molecule has 0 aliphatic carbocycles. The molecule has 4 rings (SSSR count). The first-order valence-corrected chi connectivity index (χ1v) is 8.35. The van der Waals surface area contributed by atoms with Crippen LogP contribution in [0.5, 0.6) is 5.75 Å². The Morgan fingerprint density at radius 3 is 2.96 bits per heavy atom. The van der Waals surface area contributed by atoms with Crippen LogP contribution in [0.15, 0.2) is 47.7 Å². The molecule has 1 amide bonds. The fraction of sp³-hybridized carbons (Fsp3) is 0.263. The molecule has 132 valence electrons. The molecule has 2 aromatic heterocycles. The van der Waals surface area contributed by atoms with E-state index in [0.29, 0.717) is 17.3 Å². The summed E-state index contributed by atoms with van der Waals surface area (Å²) in [6.45, 7) is 3.98. The minimum atomic E-state index is -0.399. The number of aromatic amines is 1. The van der Waals surface area contributed by atoms with Crippen molar-refractivity contribution in [3.63, 3.8) is 0 Å². The molecule has 3 aromatic rings. The predicted molar refractivity (Wildman–Crippen MR) is 96.1 cm³/mol. The van der Waals surface area contributed by atoms with Gasteiger partial charge in [-0.3, -0.25) is 9.59 Å². The van der Waals surface area contributed by atoms with E-state index in [0.717, 1.165) is 11.3 Å². The van der Waals surface area contributed by atoms with Gasteiger partial charge in [0.15, 0.2) is 0 Å². The summed E-state index contributed by atoms with van der Waals surface area (Å²) in [5, 5.41) is 3.35. The fourth-order valence-corrected chi connectivity index (χ4v) is 3.26. The molecule has 1 aliphatic heterocycles. The Hall–Kier alpha value is -3.22. The molecule has 1 aliphatic rings. The molecular weight excluding hydrogens is 332 g/mol. The second kappa shape index (κ2) is 5.94. The highest BCUT2D eigenvalue weighted by atomic mass is 16.5. The van der Waals surface area contributed by atoms with Gasteiger partial charge in [0.05, 0.1) is 29.5 Å². The molecule has 7 nitrogen and oxygen atoms in total. The highest BCUT2D eigenvalue weighted by Gasteiger charge is 2.34. The maximum absolute atomic E-state index is 12.7. The molecule has 26 heavy (non-hydrogen) atoms. The van der Waals surface area contributed by atoms with Gasteiger partial charge in [-0.1, -0.05) is 18.2 Å². The molecule has 7 heteroatoms. The molecule has 0 saturated heterocycles. The zero-order valence-corrected chi connectivity index (χ0v) is 14.4. The standard InChI is InChI=1S/C19H18N4O3/c1-19(2)8-14(11-5-3-4-6-16(11)26-19)23-18(25)13-7-12-15(9-20-13)21-10-22-17(12)24/h3-7,9-10,14H,8H2,1-2H3,(H,23,25)(H,21,22,24). The summed E-state index contributed by atoms with van der Waals surface area (Å²) in [4.78, 5) is 35.4. The second-order valence-corrected chi connectivity index (χ2v) is 6.95. The third-order valence-corrected chi connectivity index (χ3v) is 4.44. The summed E-state index contributed by atoms with van der Waals surface area (Å²) < 4.78 is 5.99. The first-order valence-electron chi connectivity index (χ1n) is 8.35. The van der Waals surface area contributed by atoms with Crippen molar-refractivity contribution in [1.82, 2.24) is 20.3 Å². The molecule has 1 atom stereocenters. The summed E-state index contributed by atoms with van der Waals surface area (Å²) in [7, 11) is 0. The van der Waals surface area contributed by atoms with Crippen LogP contribution in [-0.4, -0.2) is 26.5 Å². The first kappa shape index (κ1) is 16.3. The first-order chi connectivity index (χ1) is 12.4. The average Bonchev–Trinajstić information content (AvgIpc) is 2.61. The molecule has 0 radical (unpaired) electrons. The molecule has 0 spiro atoms. The summed E-state index contributed by atoms with van der Waals surface area (Å²) >= 11 is 0. The number of ether oxygens (including phenoxy) is 1. The monoisotopic (exact) mass is 350 g/mol. The van der Waals surface area contributed by atoms with E-state index in [1.807, 2.05) is 38.1 Å². The summed E-state index contributed by atoms with van der Waals surface area (Å²) in [5.41, 5.74) is 0.856. The maximum Gasteiger partial charge on any atom is 0.270 e. The zero-order chi connectivity index (χ0) is 18.3. The van der Waals surface area contributed by atoms with Crippen molar-refractivity contribution in [3.8, 4) is 5.75 Å². The number of carbonyl (C=O) groups is 1. The van der Waals surface area contributed by atoms with Gasteiger partial charge in [0.25, 0.3) is 11.5 Å². The normalized spacial score (nSPS) is 18.0. The van der Waals surface area contributed by atoms with Crippen LogP contribution < -0.4 is 15.6 Å². The van der Waals surface area contributed by atoms with E-state index in [4.69, 9.17) is 4.74 Å². The van der Waals surface area contributed by atoms with E-state index in [1.54, 1.807) is 0 Å². The Morgan fingerprint density at radius 2 is 2.12 bits per heavy atom. The Kier molecular flexibility index (Phi) is 3.72. The Bertz CT molecular complexity index is 1060. The number of para-hydroxylation sites is 1. The van der Waals surface area contributed by atoms with Crippen molar-refractivity contribution >= 4 is 16.8 Å².